The average molecular weight is 266 g/mol. The summed E-state index contributed by atoms with van der Waals surface area (Å²) in [5.74, 6) is 0. The molecule has 5 heteroatoms. The van der Waals surface area contributed by atoms with E-state index in [4.69, 9.17) is 0 Å². The van der Waals surface area contributed by atoms with Crippen LogP contribution in [0.1, 0.15) is 22.5 Å². The highest BCUT2D eigenvalue weighted by molar-refractivity contribution is 5.20. The second-order valence-electron chi connectivity index (χ2n) is 4.35. The van der Waals surface area contributed by atoms with Crippen LogP contribution in [0, 0.1) is 6.92 Å². The smallest absolute Gasteiger partial charge is 0.262 e. The number of pyridine rings is 2. The summed E-state index contributed by atoms with van der Waals surface area (Å²) >= 11 is 0. The van der Waals surface area contributed by atoms with Crippen molar-refractivity contribution < 1.29 is 13.2 Å². The van der Waals surface area contributed by atoms with Gasteiger partial charge in [0, 0.05) is 18.1 Å². The van der Waals surface area contributed by atoms with E-state index in [1.807, 2.05) is 19.1 Å². The fourth-order valence-electron chi connectivity index (χ4n) is 1.79. The minimum Gasteiger partial charge on any atom is -0.262 e. The highest BCUT2D eigenvalue weighted by Crippen LogP contribution is 2.27. The van der Waals surface area contributed by atoms with Crippen LogP contribution in [-0.4, -0.2) is 9.97 Å². The van der Waals surface area contributed by atoms with Crippen LogP contribution in [0.25, 0.3) is 0 Å². The van der Waals surface area contributed by atoms with Crippen LogP contribution in [0.15, 0.2) is 36.7 Å². The molecular weight excluding hydrogens is 253 g/mol. The number of aryl methyl sites for hydroxylation is 3. The van der Waals surface area contributed by atoms with Crippen LogP contribution in [0.3, 0.4) is 0 Å². The first-order chi connectivity index (χ1) is 8.95. The van der Waals surface area contributed by atoms with Crippen LogP contribution < -0.4 is 0 Å². The van der Waals surface area contributed by atoms with Gasteiger partial charge in [-0.2, -0.15) is 13.2 Å². The lowest BCUT2D eigenvalue weighted by Crippen LogP contribution is -2.07. The lowest BCUT2D eigenvalue weighted by molar-refractivity contribution is -0.141. The number of hydrogen-bond donors (Lipinski definition) is 0. The summed E-state index contributed by atoms with van der Waals surface area (Å²) < 4.78 is 37.0. The molecule has 0 unspecified atom stereocenters. The molecular formula is C14H13F3N2. The van der Waals surface area contributed by atoms with Crippen molar-refractivity contribution >= 4 is 0 Å². The Morgan fingerprint density at radius 1 is 1.00 bits per heavy atom. The molecule has 0 atom stereocenters. The predicted octanol–water partition coefficient (Wildman–Crippen LogP) is 3.59. The van der Waals surface area contributed by atoms with Gasteiger partial charge in [0.15, 0.2) is 0 Å². The summed E-state index contributed by atoms with van der Waals surface area (Å²) in [6.07, 6.45) is 0.0677. The quantitative estimate of drug-likeness (QED) is 0.848. The van der Waals surface area contributed by atoms with Gasteiger partial charge in [0.1, 0.15) is 5.69 Å². The molecule has 2 aromatic rings. The summed E-state index contributed by atoms with van der Waals surface area (Å²) in [4.78, 5) is 7.54. The molecule has 2 aromatic heterocycles. The zero-order valence-corrected chi connectivity index (χ0v) is 10.4. The first-order valence-electron chi connectivity index (χ1n) is 5.89. The maximum absolute atomic E-state index is 12.3. The number of alkyl halides is 3. The Labute approximate surface area is 109 Å². The van der Waals surface area contributed by atoms with E-state index in [0.717, 1.165) is 29.3 Å². The Kier molecular flexibility index (Phi) is 3.83. The SMILES string of the molecule is Cc1cc(CCc2ccc(C(F)(F)F)nc2)ccn1. The molecule has 0 bridgehead atoms. The van der Waals surface area contributed by atoms with Crippen molar-refractivity contribution in [1.82, 2.24) is 9.97 Å². The summed E-state index contributed by atoms with van der Waals surface area (Å²) in [7, 11) is 0. The summed E-state index contributed by atoms with van der Waals surface area (Å²) in [5, 5.41) is 0. The van der Waals surface area contributed by atoms with E-state index in [0.29, 0.717) is 6.42 Å². The fourth-order valence-corrected chi connectivity index (χ4v) is 1.79. The van der Waals surface area contributed by atoms with E-state index in [-0.39, 0.29) is 0 Å². The maximum Gasteiger partial charge on any atom is 0.433 e. The molecule has 0 radical (unpaired) electrons. The second kappa shape index (κ2) is 5.38. The first kappa shape index (κ1) is 13.5. The van der Waals surface area contributed by atoms with Crippen molar-refractivity contribution in [2.24, 2.45) is 0 Å². The van der Waals surface area contributed by atoms with E-state index in [9.17, 15) is 13.2 Å². The lowest BCUT2D eigenvalue weighted by atomic mass is 10.1. The van der Waals surface area contributed by atoms with Gasteiger partial charge >= 0.3 is 6.18 Å². The van der Waals surface area contributed by atoms with Crippen molar-refractivity contribution in [3.05, 3.63) is 59.2 Å². The van der Waals surface area contributed by atoms with Gasteiger partial charge in [-0.15, -0.1) is 0 Å². The van der Waals surface area contributed by atoms with Gasteiger partial charge < -0.3 is 0 Å². The van der Waals surface area contributed by atoms with Crippen molar-refractivity contribution in [1.29, 1.82) is 0 Å². The molecule has 2 nitrogen and oxygen atoms in total. The van der Waals surface area contributed by atoms with Crippen LogP contribution in [0.4, 0.5) is 13.2 Å². The highest BCUT2D eigenvalue weighted by Gasteiger charge is 2.31. The normalized spacial score (nSPS) is 11.6. The van der Waals surface area contributed by atoms with Crippen LogP contribution in [-0.2, 0) is 19.0 Å². The van der Waals surface area contributed by atoms with Gasteiger partial charge in [-0.1, -0.05) is 6.07 Å². The van der Waals surface area contributed by atoms with E-state index in [1.54, 1.807) is 6.20 Å². The lowest BCUT2D eigenvalue weighted by Gasteiger charge is -2.06. The van der Waals surface area contributed by atoms with Gasteiger partial charge in [0.25, 0.3) is 0 Å². The van der Waals surface area contributed by atoms with Crippen LogP contribution >= 0.6 is 0 Å². The number of nitrogens with zero attached hydrogens (tertiary/aromatic N) is 2. The topological polar surface area (TPSA) is 25.8 Å². The molecule has 100 valence electrons. The maximum atomic E-state index is 12.3. The predicted molar refractivity (Wildman–Crippen MR) is 65.6 cm³/mol. The van der Waals surface area contributed by atoms with Crippen molar-refractivity contribution in [3.63, 3.8) is 0 Å². The second-order valence-corrected chi connectivity index (χ2v) is 4.35. The van der Waals surface area contributed by atoms with Crippen LogP contribution in [0.5, 0.6) is 0 Å². The fraction of sp³-hybridized carbons (Fsp3) is 0.286. The molecule has 0 aromatic carbocycles. The van der Waals surface area contributed by atoms with E-state index in [2.05, 4.69) is 9.97 Å². The summed E-state index contributed by atoms with van der Waals surface area (Å²) in [6.45, 7) is 1.91. The minimum atomic E-state index is -4.37. The van der Waals surface area contributed by atoms with Crippen LogP contribution in [0.2, 0.25) is 0 Å². The number of aromatic nitrogens is 2. The molecule has 0 spiro atoms. The Balaban J connectivity index is 2.01. The van der Waals surface area contributed by atoms with Crippen molar-refractivity contribution in [2.75, 3.05) is 0 Å². The molecule has 0 saturated carbocycles. The van der Waals surface area contributed by atoms with Crippen molar-refractivity contribution in [3.8, 4) is 0 Å². The minimum absolute atomic E-state index is 0.661. The Morgan fingerprint density at radius 3 is 2.32 bits per heavy atom. The number of rotatable bonds is 3. The third-order valence-corrected chi connectivity index (χ3v) is 2.78. The molecule has 0 saturated heterocycles. The molecule has 0 aliphatic rings. The van der Waals surface area contributed by atoms with Gasteiger partial charge in [-0.05, 0) is 49.1 Å². The van der Waals surface area contributed by atoms with Gasteiger partial charge in [0.05, 0.1) is 0 Å². The Bertz CT molecular complexity index is 547. The third kappa shape index (κ3) is 3.77. The Morgan fingerprint density at radius 2 is 1.74 bits per heavy atom. The largest absolute Gasteiger partial charge is 0.433 e. The third-order valence-electron chi connectivity index (χ3n) is 2.78. The van der Waals surface area contributed by atoms with Gasteiger partial charge in [-0.25, -0.2) is 0 Å². The van der Waals surface area contributed by atoms with E-state index >= 15 is 0 Å². The van der Waals surface area contributed by atoms with Crippen molar-refractivity contribution in [2.45, 2.75) is 25.9 Å². The molecule has 2 heterocycles. The Hall–Kier alpha value is -1.91. The molecule has 0 fully saturated rings. The van der Waals surface area contributed by atoms with Gasteiger partial charge in [-0.3, -0.25) is 9.97 Å². The summed E-state index contributed by atoms with van der Waals surface area (Å²) in [5.41, 5.74) is 1.99. The molecule has 2 rings (SSSR count). The molecule has 0 amide bonds. The molecule has 0 N–H and O–H groups in total. The number of hydrogen-bond acceptors (Lipinski definition) is 2. The van der Waals surface area contributed by atoms with E-state index in [1.165, 1.54) is 12.3 Å². The number of halogens is 3. The molecule has 0 aliphatic carbocycles. The first-order valence-corrected chi connectivity index (χ1v) is 5.89. The summed E-state index contributed by atoms with van der Waals surface area (Å²) in [6, 6.07) is 6.37. The molecule has 19 heavy (non-hydrogen) atoms. The standard InChI is InChI=1S/C14H13F3N2/c1-10-8-11(6-7-18-10)2-3-12-4-5-13(19-9-12)14(15,16)17/h4-9H,2-3H2,1H3. The zero-order chi connectivity index (χ0) is 13.9. The highest BCUT2D eigenvalue weighted by atomic mass is 19.4. The zero-order valence-electron chi connectivity index (χ0n) is 10.4. The average Bonchev–Trinajstić information content (AvgIpc) is 2.36. The van der Waals surface area contributed by atoms with E-state index < -0.39 is 11.9 Å². The monoisotopic (exact) mass is 266 g/mol. The van der Waals surface area contributed by atoms with Gasteiger partial charge in [0.2, 0.25) is 0 Å². The molecule has 0 aliphatic heterocycles.